The molecule has 20 heavy (non-hydrogen) atoms. The van der Waals surface area contributed by atoms with Crippen molar-refractivity contribution in [3.05, 3.63) is 48.4 Å². The quantitative estimate of drug-likeness (QED) is 0.842. The molecule has 0 saturated heterocycles. The van der Waals surface area contributed by atoms with Crippen LogP contribution in [0.25, 0.3) is 0 Å². The molecule has 4 nitrogen and oxygen atoms in total. The number of likely N-dealkylation sites (N-methyl/N-ethyl adjacent to an activating group) is 1. The zero-order valence-corrected chi connectivity index (χ0v) is 12.3. The van der Waals surface area contributed by atoms with E-state index >= 15 is 0 Å². The minimum Gasteiger partial charge on any atom is -0.495 e. The van der Waals surface area contributed by atoms with Gasteiger partial charge in [-0.25, -0.2) is 0 Å². The molecule has 0 bridgehead atoms. The molecule has 2 rings (SSSR count). The lowest BCUT2D eigenvalue weighted by Crippen LogP contribution is -2.30. The van der Waals surface area contributed by atoms with Crippen LogP contribution in [0.4, 0.5) is 5.69 Å². The number of methoxy groups -OCH3 is 1. The van der Waals surface area contributed by atoms with E-state index in [-0.39, 0.29) is 6.04 Å². The first kappa shape index (κ1) is 14.5. The van der Waals surface area contributed by atoms with Gasteiger partial charge in [0.05, 0.1) is 25.1 Å². The van der Waals surface area contributed by atoms with E-state index < -0.39 is 0 Å². The number of ether oxygens (including phenoxy) is 1. The largest absolute Gasteiger partial charge is 0.495 e. The predicted molar refractivity (Wildman–Crippen MR) is 81.4 cm³/mol. The second-order valence-electron chi connectivity index (χ2n) is 4.78. The van der Waals surface area contributed by atoms with Crippen LogP contribution in [-0.4, -0.2) is 27.2 Å². The van der Waals surface area contributed by atoms with Crippen LogP contribution in [0, 0.1) is 0 Å². The van der Waals surface area contributed by atoms with Gasteiger partial charge in [-0.15, -0.1) is 0 Å². The Morgan fingerprint density at radius 3 is 2.75 bits per heavy atom. The third-order valence-electron chi connectivity index (χ3n) is 3.36. The van der Waals surface area contributed by atoms with Crippen LogP contribution in [0.5, 0.6) is 5.75 Å². The maximum absolute atomic E-state index is 5.38. The summed E-state index contributed by atoms with van der Waals surface area (Å²) in [4.78, 5) is 2.18. The fourth-order valence-corrected chi connectivity index (χ4v) is 2.15. The molecule has 108 valence electrons. The van der Waals surface area contributed by atoms with Crippen LogP contribution in [0.3, 0.4) is 0 Å². The number of nitrogens with one attached hydrogen (secondary N) is 1. The maximum atomic E-state index is 5.38. The van der Waals surface area contributed by atoms with Gasteiger partial charge in [0.25, 0.3) is 0 Å². The van der Waals surface area contributed by atoms with E-state index in [9.17, 15) is 0 Å². The molecule has 4 heteroatoms. The molecule has 0 aliphatic carbocycles. The summed E-state index contributed by atoms with van der Waals surface area (Å²) >= 11 is 0. The molecular formula is C16H22N2O2. The highest BCUT2D eigenvalue weighted by atomic mass is 16.5. The molecule has 1 heterocycles. The molecule has 0 aliphatic rings. The molecule has 0 fully saturated rings. The number of hydrogen-bond acceptors (Lipinski definition) is 4. The fraction of sp³-hybridized carbons (Fsp3) is 0.375. The summed E-state index contributed by atoms with van der Waals surface area (Å²) < 4.78 is 10.8. The highest BCUT2D eigenvalue weighted by Gasteiger charge is 2.09. The molecule has 1 atom stereocenters. The number of furan rings is 1. The van der Waals surface area contributed by atoms with Crippen molar-refractivity contribution in [3.63, 3.8) is 0 Å². The van der Waals surface area contributed by atoms with Crippen molar-refractivity contribution in [2.24, 2.45) is 0 Å². The van der Waals surface area contributed by atoms with Gasteiger partial charge < -0.3 is 19.4 Å². The molecule has 0 aliphatic heterocycles. The summed E-state index contributed by atoms with van der Waals surface area (Å²) in [6.07, 6.45) is 1.70. The average Bonchev–Trinajstić information content (AvgIpc) is 3.01. The Morgan fingerprint density at radius 2 is 2.05 bits per heavy atom. The standard InChI is InChI=1S/C16H22N2O2/c1-13(15-9-6-12-20-15)17-10-11-18(2)14-7-4-5-8-16(14)19-3/h4-9,12-13,17H,10-11H2,1-3H3. The second kappa shape index (κ2) is 7.01. The van der Waals surface area contributed by atoms with Crippen molar-refractivity contribution in [1.82, 2.24) is 5.32 Å². The number of benzene rings is 1. The molecule has 0 radical (unpaired) electrons. The van der Waals surface area contributed by atoms with Crippen molar-refractivity contribution in [2.75, 3.05) is 32.1 Å². The summed E-state index contributed by atoms with van der Waals surface area (Å²) in [7, 11) is 3.76. The zero-order chi connectivity index (χ0) is 14.4. The third kappa shape index (κ3) is 3.54. The van der Waals surface area contributed by atoms with E-state index in [1.54, 1.807) is 13.4 Å². The highest BCUT2D eigenvalue weighted by Crippen LogP contribution is 2.26. The summed E-state index contributed by atoms with van der Waals surface area (Å²) in [6.45, 7) is 3.86. The van der Waals surface area contributed by atoms with Crippen molar-refractivity contribution >= 4 is 5.69 Å². The number of rotatable bonds is 7. The topological polar surface area (TPSA) is 37.6 Å². The van der Waals surface area contributed by atoms with Crippen molar-refractivity contribution in [1.29, 1.82) is 0 Å². The van der Waals surface area contributed by atoms with Crippen LogP contribution < -0.4 is 15.0 Å². The fourth-order valence-electron chi connectivity index (χ4n) is 2.15. The Kier molecular flexibility index (Phi) is 5.07. The van der Waals surface area contributed by atoms with Crippen LogP contribution in [-0.2, 0) is 0 Å². The van der Waals surface area contributed by atoms with E-state index in [2.05, 4.69) is 30.3 Å². The van der Waals surface area contributed by atoms with Crippen LogP contribution >= 0.6 is 0 Å². The van der Waals surface area contributed by atoms with Gasteiger partial charge in [0.1, 0.15) is 11.5 Å². The Bertz CT molecular complexity index is 511. The molecule has 1 unspecified atom stereocenters. The molecule has 0 saturated carbocycles. The lowest BCUT2D eigenvalue weighted by molar-refractivity contribution is 0.413. The van der Waals surface area contributed by atoms with Crippen molar-refractivity contribution < 1.29 is 9.15 Å². The summed E-state index contributed by atoms with van der Waals surface area (Å²) in [5.41, 5.74) is 1.10. The van der Waals surface area contributed by atoms with Crippen molar-refractivity contribution in [3.8, 4) is 5.75 Å². The summed E-state index contributed by atoms with van der Waals surface area (Å²) in [5, 5.41) is 3.45. The summed E-state index contributed by atoms with van der Waals surface area (Å²) in [6, 6.07) is 12.2. The highest BCUT2D eigenvalue weighted by molar-refractivity contribution is 5.57. The zero-order valence-electron chi connectivity index (χ0n) is 12.3. The van der Waals surface area contributed by atoms with Gasteiger partial charge in [-0.05, 0) is 31.2 Å². The van der Waals surface area contributed by atoms with E-state index in [4.69, 9.17) is 9.15 Å². The van der Waals surface area contributed by atoms with E-state index in [1.165, 1.54) is 0 Å². The third-order valence-corrected chi connectivity index (χ3v) is 3.36. The van der Waals surface area contributed by atoms with Crippen LogP contribution in [0.1, 0.15) is 18.7 Å². The molecule has 1 aromatic heterocycles. The average molecular weight is 274 g/mol. The molecular weight excluding hydrogens is 252 g/mol. The summed E-state index contributed by atoms with van der Waals surface area (Å²) in [5.74, 6) is 1.86. The lowest BCUT2D eigenvalue weighted by Gasteiger charge is -2.22. The Labute approximate surface area is 120 Å². The van der Waals surface area contributed by atoms with E-state index in [0.29, 0.717) is 0 Å². The first-order chi connectivity index (χ1) is 9.72. The minimum absolute atomic E-state index is 0.219. The lowest BCUT2D eigenvalue weighted by atomic mass is 10.2. The second-order valence-corrected chi connectivity index (χ2v) is 4.78. The molecule has 2 aromatic rings. The monoisotopic (exact) mass is 274 g/mol. The maximum Gasteiger partial charge on any atom is 0.142 e. The SMILES string of the molecule is COc1ccccc1N(C)CCNC(C)c1ccco1. The first-order valence-electron chi connectivity index (χ1n) is 6.83. The van der Waals surface area contributed by atoms with Gasteiger partial charge in [-0.1, -0.05) is 12.1 Å². The molecule has 0 amide bonds. The van der Waals surface area contributed by atoms with E-state index in [0.717, 1.165) is 30.3 Å². The predicted octanol–water partition coefficient (Wildman–Crippen LogP) is 3.08. The molecule has 1 aromatic carbocycles. The van der Waals surface area contributed by atoms with Gasteiger partial charge >= 0.3 is 0 Å². The number of para-hydroxylation sites is 2. The smallest absolute Gasteiger partial charge is 0.142 e. The normalized spacial score (nSPS) is 12.2. The van der Waals surface area contributed by atoms with Gasteiger partial charge in [-0.3, -0.25) is 0 Å². The number of nitrogens with zero attached hydrogens (tertiary/aromatic N) is 1. The Morgan fingerprint density at radius 1 is 1.25 bits per heavy atom. The Hall–Kier alpha value is -1.94. The van der Waals surface area contributed by atoms with Gasteiger partial charge in [0, 0.05) is 20.1 Å². The first-order valence-corrected chi connectivity index (χ1v) is 6.83. The van der Waals surface area contributed by atoms with Crippen LogP contribution in [0.2, 0.25) is 0 Å². The number of hydrogen-bond donors (Lipinski definition) is 1. The van der Waals surface area contributed by atoms with Gasteiger partial charge in [0.2, 0.25) is 0 Å². The molecule has 1 N–H and O–H groups in total. The number of anilines is 1. The van der Waals surface area contributed by atoms with Crippen molar-refractivity contribution in [2.45, 2.75) is 13.0 Å². The minimum atomic E-state index is 0.219. The van der Waals surface area contributed by atoms with Crippen LogP contribution in [0.15, 0.2) is 47.1 Å². The van der Waals surface area contributed by atoms with Gasteiger partial charge in [-0.2, -0.15) is 0 Å². The molecule has 0 spiro atoms. The van der Waals surface area contributed by atoms with Gasteiger partial charge in [0.15, 0.2) is 0 Å². The van der Waals surface area contributed by atoms with E-state index in [1.807, 2.05) is 30.3 Å². The Balaban J connectivity index is 1.84.